The molecule has 0 aliphatic carbocycles. The first-order valence-electron chi connectivity index (χ1n) is 1.99. The first kappa shape index (κ1) is 10.1. The van der Waals surface area contributed by atoms with Crippen molar-refractivity contribution in [2.75, 3.05) is 0 Å². The van der Waals surface area contributed by atoms with Crippen LogP contribution in [0.4, 0.5) is 0 Å². The predicted octanol–water partition coefficient (Wildman–Crippen LogP) is 1.99. The van der Waals surface area contributed by atoms with Gasteiger partial charge in [0, 0.05) is 0 Å². The van der Waals surface area contributed by atoms with Gasteiger partial charge >= 0.3 is 43.7 Å². The molecule has 0 bridgehead atoms. The van der Waals surface area contributed by atoms with Crippen LogP contribution in [0.3, 0.4) is 0 Å². The Kier molecular flexibility index (Phi) is 15.9. The maximum absolute atomic E-state index is 2.27. The average molecular weight is 222 g/mol. The third-order valence-corrected chi connectivity index (χ3v) is 2.74. The van der Waals surface area contributed by atoms with Crippen molar-refractivity contribution in [2.45, 2.75) is 22.8 Å². The van der Waals surface area contributed by atoms with Gasteiger partial charge in [0.15, 0.2) is 0 Å². The van der Waals surface area contributed by atoms with Crippen molar-refractivity contribution in [3.8, 4) is 0 Å². The molecule has 0 N–H and O–H groups in total. The summed E-state index contributed by atoms with van der Waals surface area (Å²) in [7, 11) is 0. The molecular weight excluding hydrogens is 211 g/mol. The van der Waals surface area contributed by atoms with Gasteiger partial charge in [0.05, 0.1) is 0 Å². The zero-order chi connectivity index (χ0) is 4.12. The molecule has 0 aromatic heterocycles. The maximum Gasteiger partial charge on any atom is -0.147 e. The molecule has 0 unspecified atom stereocenters. The van der Waals surface area contributed by atoms with Gasteiger partial charge < -0.3 is 0 Å². The summed E-state index contributed by atoms with van der Waals surface area (Å²) in [4.78, 5) is 0. The Balaban J connectivity index is 0. The average Bonchev–Trinajstić information content (AvgIpc) is 1.41. The summed E-state index contributed by atoms with van der Waals surface area (Å²) in [5.74, 6) is 0. The molecule has 0 heterocycles. The second kappa shape index (κ2) is 9.43. The van der Waals surface area contributed by atoms with Crippen molar-refractivity contribution in [3.63, 3.8) is 0 Å². The number of halogens is 1. The summed E-state index contributed by atoms with van der Waals surface area (Å²) >= 11 is 0.493. The summed E-state index contributed by atoms with van der Waals surface area (Å²) in [6.07, 6.45) is 0. The van der Waals surface area contributed by atoms with E-state index in [1.165, 1.54) is 8.94 Å². The Bertz CT molecular complexity index is 15.0. The summed E-state index contributed by atoms with van der Waals surface area (Å²) in [5.41, 5.74) is 0. The van der Waals surface area contributed by atoms with Crippen LogP contribution < -0.4 is 0 Å². The molecule has 6 heavy (non-hydrogen) atoms. The van der Waals surface area contributed by atoms with E-state index in [1.54, 1.807) is 0 Å². The van der Waals surface area contributed by atoms with Crippen molar-refractivity contribution in [3.05, 3.63) is 0 Å². The smallest absolute Gasteiger partial charge is 0.147 e. The van der Waals surface area contributed by atoms with E-state index in [-0.39, 0.29) is 12.4 Å². The van der Waals surface area contributed by atoms with Gasteiger partial charge in [-0.05, 0) is 0 Å². The Morgan fingerprint density at radius 3 is 1.50 bits per heavy atom. The molecule has 0 aromatic rings. The minimum atomic E-state index is 0. The van der Waals surface area contributed by atoms with Crippen molar-refractivity contribution in [1.29, 1.82) is 0 Å². The first-order chi connectivity index (χ1) is 2.41. The Labute approximate surface area is 56.2 Å². The van der Waals surface area contributed by atoms with Crippen molar-refractivity contribution >= 4 is 33.3 Å². The largest absolute Gasteiger partial charge is 0.147 e. The summed E-state index contributed by atoms with van der Waals surface area (Å²) < 4.78 is 2.95. The van der Waals surface area contributed by atoms with E-state index in [2.05, 4.69) is 13.8 Å². The standard InChI is InChI=1S/C4H10Te.ClH/c1-3-5-4-2;/h3-4H2,1-2H3;1H. The van der Waals surface area contributed by atoms with Crippen LogP contribution in [-0.4, -0.2) is 20.9 Å². The van der Waals surface area contributed by atoms with E-state index in [4.69, 9.17) is 0 Å². The molecule has 0 fully saturated rings. The molecule has 0 rings (SSSR count). The second-order valence-corrected chi connectivity index (χ2v) is 5.24. The van der Waals surface area contributed by atoms with Gasteiger partial charge in [-0.15, -0.1) is 12.4 Å². The molecule has 0 atom stereocenters. The first-order valence-corrected chi connectivity index (χ1v) is 5.29. The van der Waals surface area contributed by atoms with Crippen LogP contribution in [0.25, 0.3) is 0 Å². The quantitative estimate of drug-likeness (QED) is 0.627. The van der Waals surface area contributed by atoms with Crippen molar-refractivity contribution in [1.82, 2.24) is 0 Å². The zero-order valence-electron chi connectivity index (χ0n) is 4.23. The second-order valence-electron chi connectivity index (χ2n) is 0.781. The molecule has 0 aromatic carbocycles. The van der Waals surface area contributed by atoms with E-state index in [0.717, 1.165) is 0 Å². The number of hydrogen-bond acceptors (Lipinski definition) is 0. The fourth-order valence-corrected chi connectivity index (χ4v) is 1.37. The zero-order valence-corrected chi connectivity index (χ0v) is 7.38. The van der Waals surface area contributed by atoms with E-state index >= 15 is 0 Å². The normalized spacial score (nSPS) is 7.00. The molecule has 0 radical (unpaired) electrons. The minimum Gasteiger partial charge on any atom is -0.147 e. The van der Waals surface area contributed by atoms with Crippen LogP contribution >= 0.6 is 12.4 Å². The Morgan fingerprint density at radius 2 is 1.50 bits per heavy atom. The number of rotatable bonds is 2. The van der Waals surface area contributed by atoms with Gasteiger partial charge in [0.2, 0.25) is 0 Å². The van der Waals surface area contributed by atoms with Crippen LogP contribution in [-0.2, 0) is 0 Å². The van der Waals surface area contributed by atoms with Gasteiger partial charge in [-0.1, -0.05) is 0 Å². The van der Waals surface area contributed by atoms with Crippen LogP contribution in [0.2, 0.25) is 8.94 Å². The molecule has 0 spiro atoms. The molecule has 0 saturated carbocycles. The van der Waals surface area contributed by atoms with Gasteiger partial charge in [0.25, 0.3) is 0 Å². The van der Waals surface area contributed by atoms with Gasteiger partial charge in [-0.2, -0.15) is 0 Å². The molecule has 0 amide bonds. The van der Waals surface area contributed by atoms with Crippen LogP contribution in [0, 0.1) is 0 Å². The molecule has 0 saturated heterocycles. The third kappa shape index (κ3) is 8.91. The third-order valence-electron chi connectivity index (χ3n) is 0.408. The van der Waals surface area contributed by atoms with E-state index < -0.39 is 0 Å². The van der Waals surface area contributed by atoms with E-state index in [9.17, 15) is 0 Å². The van der Waals surface area contributed by atoms with Crippen LogP contribution in [0.5, 0.6) is 0 Å². The molecule has 2 heteroatoms. The maximum atomic E-state index is 2.27. The molecule has 0 aliphatic heterocycles. The Hall–Kier alpha value is 1.08. The summed E-state index contributed by atoms with van der Waals surface area (Å²) in [6, 6.07) is 0. The van der Waals surface area contributed by atoms with Gasteiger partial charge in [0.1, 0.15) is 0 Å². The SMILES string of the molecule is CC[Te]CC.Cl. The fourth-order valence-electron chi connectivity index (χ4n) is 0.204. The monoisotopic (exact) mass is 224 g/mol. The van der Waals surface area contributed by atoms with Gasteiger partial charge in [-0.25, -0.2) is 0 Å². The van der Waals surface area contributed by atoms with Crippen molar-refractivity contribution < 1.29 is 0 Å². The molecule has 0 aliphatic rings. The number of hydrogen-bond donors (Lipinski definition) is 0. The molecule has 40 valence electrons. The molecule has 0 nitrogen and oxygen atoms in total. The summed E-state index contributed by atoms with van der Waals surface area (Å²) in [6.45, 7) is 4.54. The van der Waals surface area contributed by atoms with Crippen molar-refractivity contribution in [2.24, 2.45) is 0 Å². The Morgan fingerprint density at radius 1 is 1.17 bits per heavy atom. The van der Waals surface area contributed by atoms with E-state index in [0.29, 0.717) is 20.9 Å². The van der Waals surface area contributed by atoms with Crippen LogP contribution in [0.15, 0.2) is 0 Å². The van der Waals surface area contributed by atoms with Crippen LogP contribution in [0.1, 0.15) is 13.8 Å². The molecular formula is C4H11ClTe. The predicted molar refractivity (Wildman–Crippen MR) is 34.0 cm³/mol. The van der Waals surface area contributed by atoms with Gasteiger partial charge in [-0.3, -0.25) is 0 Å². The fraction of sp³-hybridized carbons (Fsp3) is 1.00. The topological polar surface area (TPSA) is 0 Å². The van der Waals surface area contributed by atoms with E-state index in [1.807, 2.05) is 0 Å². The minimum absolute atomic E-state index is 0. The summed E-state index contributed by atoms with van der Waals surface area (Å²) in [5, 5.41) is 0.